The third-order valence-corrected chi connectivity index (χ3v) is 4.41. The maximum Gasteiger partial charge on any atom is 0.287 e. The van der Waals surface area contributed by atoms with E-state index in [1.807, 2.05) is 32.0 Å². The standard InChI is InChI=1S/C20H30N2O3/c1-7-24-16-8-9-18-17(12-16)15(6)19(25-18)20(23)21-10-11-22(13(2)3)14(4)5/h8-9,12-14H,7,10-11H2,1-6H3,(H,21,23). The summed E-state index contributed by atoms with van der Waals surface area (Å²) in [5, 5.41) is 3.89. The van der Waals surface area contributed by atoms with Crippen molar-refractivity contribution in [2.45, 2.75) is 53.6 Å². The molecule has 0 radical (unpaired) electrons. The molecule has 5 heteroatoms. The van der Waals surface area contributed by atoms with Crippen molar-refractivity contribution in [3.05, 3.63) is 29.5 Å². The SMILES string of the molecule is CCOc1ccc2oc(C(=O)NCCN(C(C)C)C(C)C)c(C)c2c1. The largest absolute Gasteiger partial charge is 0.494 e. The van der Waals surface area contributed by atoms with Crippen molar-refractivity contribution < 1.29 is 13.9 Å². The number of rotatable bonds is 8. The number of furan rings is 1. The van der Waals surface area contributed by atoms with E-state index in [0.717, 1.165) is 23.2 Å². The van der Waals surface area contributed by atoms with Gasteiger partial charge in [-0.2, -0.15) is 0 Å². The Morgan fingerprint density at radius 1 is 1.24 bits per heavy atom. The normalized spacial score (nSPS) is 11.7. The van der Waals surface area contributed by atoms with Crippen molar-refractivity contribution in [2.24, 2.45) is 0 Å². The summed E-state index contributed by atoms with van der Waals surface area (Å²) in [6.07, 6.45) is 0. The number of nitrogens with one attached hydrogen (secondary N) is 1. The van der Waals surface area contributed by atoms with Gasteiger partial charge in [0.2, 0.25) is 0 Å². The zero-order valence-corrected chi connectivity index (χ0v) is 16.2. The lowest BCUT2D eigenvalue weighted by molar-refractivity contribution is 0.0913. The fourth-order valence-corrected chi connectivity index (χ4v) is 3.16. The molecule has 0 spiro atoms. The highest BCUT2D eigenvalue weighted by Gasteiger charge is 2.19. The van der Waals surface area contributed by atoms with Crippen LogP contribution in [-0.4, -0.2) is 42.6 Å². The molecule has 0 unspecified atom stereocenters. The Balaban J connectivity index is 2.08. The van der Waals surface area contributed by atoms with Gasteiger partial charge in [0.25, 0.3) is 5.91 Å². The number of fused-ring (bicyclic) bond motifs is 1. The maximum atomic E-state index is 12.5. The molecule has 2 aromatic rings. The van der Waals surface area contributed by atoms with Crippen LogP contribution in [0.25, 0.3) is 11.0 Å². The van der Waals surface area contributed by atoms with Crippen LogP contribution in [0, 0.1) is 6.92 Å². The molecule has 1 heterocycles. The van der Waals surface area contributed by atoms with Gasteiger partial charge in [-0.05, 0) is 59.7 Å². The van der Waals surface area contributed by atoms with E-state index in [-0.39, 0.29) is 5.91 Å². The number of benzene rings is 1. The van der Waals surface area contributed by atoms with Crippen molar-refractivity contribution in [1.29, 1.82) is 0 Å². The molecule has 1 aromatic heterocycles. The molecule has 25 heavy (non-hydrogen) atoms. The Morgan fingerprint density at radius 3 is 2.52 bits per heavy atom. The second-order valence-electron chi connectivity index (χ2n) is 6.83. The van der Waals surface area contributed by atoms with Crippen LogP contribution in [0.1, 0.15) is 50.7 Å². The minimum absolute atomic E-state index is 0.167. The number of hydrogen-bond acceptors (Lipinski definition) is 4. The summed E-state index contributed by atoms with van der Waals surface area (Å²) >= 11 is 0. The number of ether oxygens (including phenoxy) is 1. The summed E-state index contributed by atoms with van der Waals surface area (Å²) < 4.78 is 11.3. The average molecular weight is 346 g/mol. The zero-order valence-electron chi connectivity index (χ0n) is 16.2. The fraction of sp³-hybridized carbons (Fsp3) is 0.550. The molecule has 0 aliphatic heterocycles. The molecule has 2 rings (SSSR count). The lowest BCUT2D eigenvalue weighted by Crippen LogP contribution is -2.42. The Kier molecular flexibility index (Phi) is 6.48. The molecular weight excluding hydrogens is 316 g/mol. The van der Waals surface area contributed by atoms with E-state index in [1.54, 1.807) is 0 Å². The van der Waals surface area contributed by atoms with Crippen LogP contribution >= 0.6 is 0 Å². The van der Waals surface area contributed by atoms with Gasteiger partial charge < -0.3 is 14.5 Å². The highest BCUT2D eigenvalue weighted by Crippen LogP contribution is 2.28. The van der Waals surface area contributed by atoms with Crippen molar-refractivity contribution in [1.82, 2.24) is 10.2 Å². The van der Waals surface area contributed by atoms with Crippen LogP contribution in [0.4, 0.5) is 0 Å². The van der Waals surface area contributed by atoms with Gasteiger partial charge in [0.05, 0.1) is 6.61 Å². The van der Waals surface area contributed by atoms with Crippen molar-refractivity contribution >= 4 is 16.9 Å². The van der Waals surface area contributed by atoms with E-state index < -0.39 is 0 Å². The zero-order chi connectivity index (χ0) is 18.6. The Bertz CT molecular complexity index is 711. The topological polar surface area (TPSA) is 54.7 Å². The van der Waals surface area contributed by atoms with Crippen molar-refractivity contribution in [3.63, 3.8) is 0 Å². The van der Waals surface area contributed by atoms with Gasteiger partial charge in [0, 0.05) is 36.1 Å². The third-order valence-electron chi connectivity index (χ3n) is 4.41. The summed E-state index contributed by atoms with van der Waals surface area (Å²) in [4.78, 5) is 14.9. The van der Waals surface area contributed by atoms with Gasteiger partial charge in [-0.15, -0.1) is 0 Å². The summed E-state index contributed by atoms with van der Waals surface area (Å²) in [7, 11) is 0. The van der Waals surface area contributed by atoms with Crippen LogP contribution in [0.2, 0.25) is 0 Å². The molecule has 0 atom stereocenters. The van der Waals surface area contributed by atoms with Crippen LogP contribution in [0.5, 0.6) is 5.75 Å². The number of hydrogen-bond donors (Lipinski definition) is 1. The van der Waals surface area contributed by atoms with Gasteiger partial charge in [-0.1, -0.05) is 0 Å². The van der Waals surface area contributed by atoms with E-state index in [2.05, 4.69) is 37.9 Å². The van der Waals surface area contributed by atoms with E-state index >= 15 is 0 Å². The van der Waals surface area contributed by atoms with Crippen LogP contribution < -0.4 is 10.1 Å². The second kappa shape index (κ2) is 8.39. The highest BCUT2D eigenvalue weighted by molar-refractivity contribution is 5.99. The lowest BCUT2D eigenvalue weighted by Gasteiger charge is -2.30. The molecule has 1 amide bonds. The number of nitrogens with zero attached hydrogens (tertiary/aromatic N) is 1. The average Bonchev–Trinajstić information content (AvgIpc) is 2.88. The number of aryl methyl sites for hydroxylation is 1. The molecule has 0 aliphatic rings. The summed E-state index contributed by atoms with van der Waals surface area (Å²) in [5.41, 5.74) is 1.55. The molecule has 0 saturated carbocycles. The predicted octanol–water partition coefficient (Wildman–Crippen LogP) is 3.99. The quantitative estimate of drug-likeness (QED) is 0.785. The predicted molar refractivity (Wildman–Crippen MR) is 101 cm³/mol. The first-order chi connectivity index (χ1) is 11.8. The van der Waals surface area contributed by atoms with Crippen molar-refractivity contribution in [3.8, 4) is 5.75 Å². The molecule has 1 N–H and O–H groups in total. The summed E-state index contributed by atoms with van der Waals surface area (Å²) in [6.45, 7) is 14.5. The van der Waals surface area contributed by atoms with Gasteiger partial charge in [-0.3, -0.25) is 9.69 Å². The molecule has 0 bridgehead atoms. The van der Waals surface area contributed by atoms with Gasteiger partial charge in [0.1, 0.15) is 11.3 Å². The van der Waals surface area contributed by atoms with Crippen LogP contribution in [0.3, 0.4) is 0 Å². The Labute approximate surface area is 150 Å². The minimum Gasteiger partial charge on any atom is -0.494 e. The molecular formula is C20H30N2O3. The Hall–Kier alpha value is -2.01. The van der Waals surface area contributed by atoms with E-state index in [0.29, 0.717) is 36.6 Å². The van der Waals surface area contributed by atoms with E-state index in [9.17, 15) is 4.79 Å². The van der Waals surface area contributed by atoms with E-state index in [4.69, 9.17) is 9.15 Å². The summed E-state index contributed by atoms with van der Waals surface area (Å²) in [5.74, 6) is 0.999. The lowest BCUT2D eigenvalue weighted by atomic mass is 10.1. The van der Waals surface area contributed by atoms with Crippen LogP contribution in [0.15, 0.2) is 22.6 Å². The molecule has 5 nitrogen and oxygen atoms in total. The smallest absolute Gasteiger partial charge is 0.287 e. The second-order valence-corrected chi connectivity index (χ2v) is 6.83. The first kappa shape index (κ1) is 19.3. The van der Waals surface area contributed by atoms with Gasteiger partial charge in [0.15, 0.2) is 5.76 Å². The molecule has 0 fully saturated rings. The van der Waals surface area contributed by atoms with Crippen molar-refractivity contribution in [2.75, 3.05) is 19.7 Å². The first-order valence-corrected chi connectivity index (χ1v) is 9.05. The Morgan fingerprint density at radius 2 is 1.92 bits per heavy atom. The molecule has 1 aromatic carbocycles. The molecule has 0 saturated heterocycles. The number of carbonyl (C=O) groups excluding carboxylic acids is 1. The number of carbonyl (C=O) groups is 1. The highest BCUT2D eigenvalue weighted by atomic mass is 16.5. The third kappa shape index (κ3) is 4.54. The maximum absolute atomic E-state index is 12.5. The molecule has 138 valence electrons. The minimum atomic E-state index is -0.167. The summed E-state index contributed by atoms with van der Waals surface area (Å²) in [6, 6.07) is 6.53. The van der Waals surface area contributed by atoms with Gasteiger partial charge >= 0.3 is 0 Å². The van der Waals surface area contributed by atoms with Crippen LogP contribution in [-0.2, 0) is 0 Å². The van der Waals surface area contributed by atoms with E-state index in [1.165, 1.54) is 0 Å². The fourth-order valence-electron chi connectivity index (χ4n) is 3.16. The number of amides is 1. The van der Waals surface area contributed by atoms with Gasteiger partial charge in [-0.25, -0.2) is 0 Å². The first-order valence-electron chi connectivity index (χ1n) is 9.05. The molecule has 0 aliphatic carbocycles. The monoisotopic (exact) mass is 346 g/mol.